The Morgan fingerprint density at radius 1 is 1.39 bits per heavy atom. The number of likely N-dealkylation sites (N-methyl/N-ethyl adjacent to an activating group) is 1. The van der Waals surface area contributed by atoms with E-state index in [1.807, 2.05) is 11.8 Å². The lowest BCUT2D eigenvalue weighted by Crippen LogP contribution is -2.44. The van der Waals surface area contributed by atoms with E-state index in [2.05, 4.69) is 31.1 Å². The lowest BCUT2D eigenvalue weighted by atomic mass is 9.96. The van der Waals surface area contributed by atoms with Crippen LogP contribution in [0.4, 0.5) is 0 Å². The molecule has 4 heteroatoms. The van der Waals surface area contributed by atoms with Gasteiger partial charge in [0.05, 0.1) is 6.54 Å². The summed E-state index contributed by atoms with van der Waals surface area (Å²) in [5.41, 5.74) is 0. The highest BCUT2D eigenvalue weighted by Gasteiger charge is 2.23. The Labute approximate surface area is 112 Å². The van der Waals surface area contributed by atoms with Gasteiger partial charge in [0, 0.05) is 25.7 Å². The van der Waals surface area contributed by atoms with Crippen LogP contribution < -0.4 is 5.32 Å². The summed E-state index contributed by atoms with van der Waals surface area (Å²) in [6.07, 6.45) is 2.30. The Morgan fingerprint density at radius 2 is 2.00 bits per heavy atom. The molecule has 4 nitrogen and oxygen atoms in total. The van der Waals surface area contributed by atoms with E-state index >= 15 is 0 Å². The van der Waals surface area contributed by atoms with Crippen LogP contribution in [0.25, 0.3) is 0 Å². The van der Waals surface area contributed by atoms with E-state index in [4.69, 9.17) is 0 Å². The average Bonchev–Trinajstić information content (AvgIpc) is 2.36. The average molecular weight is 255 g/mol. The van der Waals surface area contributed by atoms with Gasteiger partial charge in [-0.3, -0.25) is 4.79 Å². The molecule has 0 atom stereocenters. The number of nitrogens with zero attached hydrogens (tertiary/aromatic N) is 2. The van der Waals surface area contributed by atoms with E-state index in [0.29, 0.717) is 12.6 Å². The number of hydrogen-bond acceptors (Lipinski definition) is 3. The maximum atomic E-state index is 11.8. The molecule has 0 aromatic heterocycles. The molecule has 0 spiro atoms. The Kier molecular flexibility index (Phi) is 6.65. The van der Waals surface area contributed by atoms with E-state index < -0.39 is 0 Å². The lowest BCUT2D eigenvalue weighted by molar-refractivity contribution is -0.131. The molecule has 0 bridgehead atoms. The Morgan fingerprint density at radius 3 is 2.50 bits per heavy atom. The predicted molar refractivity (Wildman–Crippen MR) is 75.6 cm³/mol. The first-order valence-electron chi connectivity index (χ1n) is 7.23. The second-order valence-electron chi connectivity index (χ2n) is 5.64. The molecule has 1 N–H and O–H groups in total. The van der Waals surface area contributed by atoms with Crippen LogP contribution >= 0.6 is 0 Å². The van der Waals surface area contributed by atoms with Crippen LogP contribution in [0.15, 0.2) is 0 Å². The van der Waals surface area contributed by atoms with Gasteiger partial charge >= 0.3 is 0 Å². The number of piperidine rings is 1. The maximum Gasteiger partial charge on any atom is 0.236 e. The fraction of sp³-hybridized carbons (Fsp3) is 0.929. The molecule has 0 saturated carbocycles. The first-order chi connectivity index (χ1) is 8.54. The quantitative estimate of drug-likeness (QED) is 0.774. The van der Waals surface area contributed by atoms with Gasteiger partial charge in [0.2, 0.25) is 5.91 Å². The van der Waals surface area contributed by atoms with Gasteiger partial charge in [0.25, 0.3) is 0 Å². The predicted octanol–water partition coefficient (Wildman–Crippen LogP) is 1.17. The monoisotopic (exact) mass is 255 g/mol. The summed E-state index contributed by atoms with van der Waals surface area (Å²) in [7, 11) is 2.19. The standard InChI is InChI=1S/C14H29N3O/c1-5-15-10-14(18)17-8-6-13(7-9-17)11-16(4)12(2)3/h12-13,15H,5-11H2,1-4H3. The second-order valence-corrected chi connectivity index (χ2v) is 5.64. The summed E-state index contributed by atoms with van der Waals surface area (Å²) in [5, 5.41) is 3.10. The van der Waals surface area contributed by atoms with Crippen molar-refractivity contribution >= 4 is 5.91 Å². The van der Waals surface area contributed by atoms with Gasteiger partial charge in [-0.05, 0) is 46.2 Å². The molecule has 1 aliphatic rings. The molecule has 0 aromatic carbocycles. The van der Waals surface area contributed by atoms with Gasteiger partial charge in [0.1, 0.15) is 0 Å². The molecule has 0 unspecified atom stereocenters. The summed E-state index contributed by atoms with van der Waals surface area (Å²) in [6, 6.07) is 0.610. The molecule has 1 amide bonds. The number of likely N-dealkylation sites (tertiary alicyclic amines) is 1. The van der Waals surface area contributed by atoms with Gasteiger partial charge in [-0.15, -0.1) is 0 Å². The second kappa shape index (κ2) is 7.74. The highest BCUT2D eigenvalue weighted by Crippen LogP contribution is 2.18. The third-order valence-corrected chi connectivity index (χ3v) is 3.92. The van der Waals surface area contributed by atoms with E-state index in [0.717, 1.165) is 44.9 Å². The molecular weight excluding hydrogens is 226 g/mol. The number of hydrogen-bond donors (Lipinski definition) is 1. The smallest absolute Gasteiger partial charge is 0.236 e. The summed E-state index contributed by atoms with van der Waals surface area (Å²) in [4.78, 5) is 16.3. The van der Waals surface area contributed by atoms with Crippen molar-refractivity contribution in [3.05, 3.63) is 0 Å². The van der Waals surface area contributed by atoms with Crippen molar-refractivity contribution in [2.24, 2.45) is 5.92 Å². The first-order valence-corrected chi connectivity index (χ1v) is 7.23. The topological polar surface area (TPSA) is 35.6 Å². The number of carbonyl (C=O) groups excluding carboxylic acids is 1. The Balaban J connectivity index is 2.26. The van der Waals surface area contributed by atoms with E-state index in [-0.39, 0.29) is 5.91 Å². The third-order valence-electron chi connectivity index (χ3n) is 3.92. The summed E-state index contributed by atoms with van der Waals surface area (Å²) in [6.45, 7) is 10.9. The molecule has 1 saturated heterocycles. The molecule has 0 radical (unpaired) electrons. The highest BCUT2D eigenvalue weighted by molar-refractivity contribution is 5.78. The third kappa shape index (κ3) is 4.94. The van der Waals surface area contributed by atoms with Gasteiger partial charge < -0.3 is 15.1 Å². The van der Waals surface area contributed by atoms with Crippen LogP contribution in [0.1, 0.15) is 33.6 Å². The van der Waals surface area contributed by atoms with Gasteiger partial charge in [-0.2, -0.15) is 0 Å². The molecule has 1 aliphatic heterocycles. The zero-order chi connectivity index (χ0) is 13.5. The van der Waals surface area contributed by atoms with Gasteiger partial charge in [-0.1, -0.05) is 6.92 Å². The zero-order valence-corrected chi connectivity index (χ0v) is 12.4. The van der Waals surface area contributed by atoms with Crippen molar-refractivity contribution in [1.82, 2.24) is 15.1 Å². The summed E-state index contributed by atoms with van der Waals surface area (Å²) >= 11 is 0. The fourth-order valence-corrected chi connectivity index (χ4v) is 2.33. The Hall–Kier alpha value is -0.610. The van der Waals surface area contributed by atoms with Crippen LogP contribution in [0.2, 0.25) is 0 Å². The van der Waals surface area contributed by atoms with Crippen molar-refractivity contribution in [2.45, 2.75) is 39.7 Å². The molecule has 18 heavy (non-hydrogen) atoms. The maximum absolute atomic E-state index is 11.8. The molecule has 1 rings (SSSR count). The first kappa shape index (κ1) is 15.4. The molecule has 0 aromatic rings. The van der Waals surface area contributed by atoms with Crippen molar-refractivity contribution in [2.75, 3.05) is 39.8 Å². The fourth-order valence-electron chi connectivity index (χ4n) is 2.33. The number of carbonyl (C=O) groups is 1. The van der Waals surface area contributed by atoms with E-state index in [9.17, 15) is 4.79 Å². The minimum Gasteiger partial charge on any atom is -0.342 e. The van der Waals surface area contributed by atoms with Crippen molar-refractivity contribution in [3.63, 3.8) is 0 Å². The van der Waals surface area contributed by atoms with Crippen LogP contribution in [-0.4, -0.2) is 61.5 Å². The SMILES string of the molecule is CCNCC(=O)N1CCC(CN(C)C(C)C)CC1. The molecule has 1 fully saturated rings. The number of amides is 1. The van der Waals surface area contributed by atoms with Crippen molar-refractivity contribution in [1.29, 1.82) is 0 Å². The van der Waals surface area contributed by atoms with Gasteiger partial charge in [-0.25, -0.2) is 0 Å². The lowest BCUT2D eigenvalue weighted by Gasteiger charge is -2.35. The Bertz CT molecular complexity index is 247. The summed E-state index contributed by atoms with van der Waals surface area (Å²) in [5.74, 6) is 1.01. The number of nitrogens with one attached hydrogen (secondary N) is 1. The molecule has 106 valence electrons. The molecule has 1 heterocycles. The minimum absolute atomic E-state index is 0.257. The van der Waals surface area contributed by atoms with Crippen LogP contribution in [0.3, 0.4) is 0 Å². The van der Waals surface area contributed by atoms with Crippen LogP contribution in [-0.2, 0) is 4.79 Å². The molecule has 0 aliphatic carbocycles. The minimum atomic E-state index is 0.257. The molecular formula is C14H29N3O. The zero-order valence-electron chi connectivity index (χ0n) is 12.4. The van der Waals surface area contributed by atoms with E-state index in [1.165, 1.54) is 0 Å². The van der Waals surface area contributed by atoms with Gasteiger partial charge in [0.15, 0.2) is 0 Å². The highest BCUT2D eigenvalue weighted by atomic mass is 16.2. The van der Waals surface area contributed by atoms with Crippen molar-refractivity contribution < 1.29 is 4.79 Å². The van der Waals surface area contributed by atoms with Crippen LogP contribution in [0.5, 0.6) is 0 Å². The summed E-state index contributed by atoms with van der Waals surface area (Å²) < 4.78 is 0. The largest absolute Gasteiger partial charge is 0.342 e. The normalized spacial score (nSPS) is 17.8. The van der Waals surface area contributed by atoms with Crippen LogP contribution in [0, 0.1) is 5.92 Å². The number of rotatable bonds is 6. The van der Waals surface area contributed by atoms with E-state index in [1.54, 1.807) is 0 Å². The van der Waals surface area contributed by atoms with Crippen molar-refractivity contribution in [3.8, 4) is 0 Å².